The average Bonchev–Trinajstić information content (AvgIpc) is 3.04. The standard InChI is InChI=1S/C17H21N3O6/c1-9-6-14(20-26-9)19-16(21)10(2)18-17(22)11-7-12(23-3)15(25-5)13(8-11)24-4/h6-8,10H,1-5H3,(H,18,22)(H,19,20,21)/t10-/m1/s1. The van der Waals surface area contributed by atoms with Crippen LogP contribution < -0.4 is 24.8 Å². The lowest BCUT2D eigenvalue weighted by Gasteiger charge is -2.16. The monoisotopic (exact) mass is 363 g/mol. The second-order valence-corrected chi connectivity index (χ2v) is 5.42. The Morgan fingerprint density at radius 1 is 1.08 bits per heavy atom. The van der Waals surface area contributed by atoms with E-state index in [1.807, 2.05) is 0 Å². The molecule has 0 aliphatic carbocycles. The molecule has 9 heteroatoms. The van der Waals surface area contributed by atoms with E-state index in [0.29, 0.717) is 23.0 Å². The molecule has 2 amide bonds. The highest BCUT2D eigenvalue weighted by atomic mass is 16.5. The second-order valence-electron chi connectivity index (χ2n) is 5.42. The van der Waals surface area contributed by atoms with Crippen molar-refractivity contribution < 1.29 is 28.3 Å². The van der Waals surface area contributed by atoms with Crippen molar-refractivity contribution in [1.82, 2.24) is 10.5 Å². The highest BCUT2D eigenvalue weighted by Crippen LogP contribution is 2.38. The van der Waals surface area contributed by atoms with Gasteiger partial charge in [-0.1, -0.05) is 5.16 Å². The Hall–Kier alpha value is -3.23. The van der Waals surface area contributed by atoms with Crippen LogP contribution in [0.3, 0.4) is 0 Å². The molecule has 0 aliphatic heterocycles. The van der Waals surface area contributed by atoms with Gasteiger partial charge in [0.15, 0.2) is 17.3 Å². The Morgan fingerprint density at radius 3 is 2.15 bits per heavy atom. The number of methoxy groups -OCH3 is 3. The van der Waals surface area contributed by atoms with Gasteiger partial charge in [-0.3, -0.25) is 9.59 Å². The number of hydrogen-bond acceptors (Lipinski definition) is 7. The van der Waals surface area contributed by atoms with Crippen molar-refractivity contribution in [2.75, 3.05) is 26.6 Å². The lowest BCUT2D eigenvalue weighted by atomic mass is 10.1. The summed E-state index contributed by atoms with van der Waals surface area (Å²) in [7, 11) is 4.38. The number of aryl methyl sites for hydroxylation is 1. The van der Waals surface area contributed by atoms with Gasteiger partial charge in [0.05, 0.1) is 21.3 Å². The van der Waals surface area contributed by atoms with Crippen molar-refractivity contribution in [3.63, 3.8) is 0 Å². The van der Waals surface area contributed by atoms with Gasteiger partial charge in [-0.05, 0) is 26.0 Å². The summed E-state index contributed by atoms with van der Waals surface area (Å²) in [4.78, 5) is 24.6. The Labute approximate surface area is 150 Å². The maximum atomic E-state index is 12.5. The molecule has 26 heavy (non-hydrogen) atoms. The number of rotatable bonds is 7. The van der Waals surface area contributed by atoms with E-state index in [2.05, 4.69) is 15.8 Å². The SMILES string of the molecule is COc1cc(C(=O)N[C@H](C)C(=O)Nc2cc(C)on2)cc(OC)c1OC. The number of nitrogens with zero attached hydrogens (tertiary/aromatic N) is 1. The molecule has 1 heterocycles. The molecule has 2 N–H and O–H groups in total. The van der Waals surface area contributed by atoms with Crippen LogP contribution in [0.2, 0.25) is 0 Å². The fraction of sp³-hybridized carbons (Fsp3) is 0.353. The van der Waals surface area contributed by atoms with E-state index in [-0.39, 0.29) is 11.4 Å². The van der Waals surface area contributed by atoms with E-state index in [1.54, 1.807) is 19.9 Å². The van der Waals surface area contributed by atoms with Gasteiger partial charge in [0, 0.05) is 11.6 Å². The predicted molar refractivity (Wildman–Crippen MR) is 92.9 cm³/mol. The maximum absolute atomic E-state index is 12.5. The van der Waals surface area contributed by atoms with E-state index >= 15 is 0 Å². The van der Waals surface area contributed by atoms with Crippen molar-refractivity contribution in [1.29, 1.82) is 0 Å². The third-order valence-corrected chi connectivity index (χ3v) is 3.55. The maximum Gasteiger partial charge on any atom is 0.252 e. The zero-order valence-corrected chi connectivity index (χ0v) is 15.2. The summed E-state index contributed by atoms with van der Waals surface area (Å²) in [5.74, 6) is 0.997. The number of amides is 2. The van der Waals surface area contributed by atoms with Crippen LogP contribution >= 0.6 is 0 Å². The molecular formula is C17H21N3O6. The zero-order valence-electron chi connectivity index (χ0n) is 15.2. The molecule has 0 radical (unpaired) electrons. The molecule has 2 rings (SSSR count). The quantitative estimate of drug-likeness (QED) is 0.771. The average molecular weight is 363 g/mol. The molecule has 0 fully saturated rings. The summed E-state index contributed by atoms with van der Waals surface area (Å²) in [5.41, 5.74) is 0.261. The minimum Gasteiger partial charge on any atom is -0.493 e. The van der Waals surface area contributed by atoms with Crippen molar-refractivity contribution in [3.8, 4) is 17.2 Å². The van der Waals surface area contributed by atoms with Gasteiger partial charge in [-0.15, -0.1) is 0 Å². The number of ether oxygens (including phenoxy) is 3. The summed E-state index contributed by atoms with van der Waals surface area (Å²) in [6, 6.07) is 3.77. The molecule has 0 bridgehead atoms. The van der Waals surface area contributed by atoms with Crippen LogP contribution in [0.15, 0.2) is 22.7 Å². The van der Waals surface area contributed by atoms with Gasteiger partial charge in [0.2, 0.25) is 11.7 Å². The van der Waals surface area contributed by atoms with E-state index in [4.69, 9.17) is 18.7 Å². The van der Waals surface area contributed by atoms with E-state index in [0.717, 1.165) is 0 Å². The molecule has 1 aromatic heterocycles. The molecule has 0 aliphatic rings. The molecule has 2 aromatic rings. The lowest BCUT2D eigenvalue weighted by molar-refractivity contribution is -0.117. The van der Waals surface area contributed by atoms with Gasteiger partial charge in [0.1, 0.15) is 11.8 Å². The number of carbonyl (C=O) groups excluding carboxylic acids is 2. The summed E-state index contributed by atoms with van der Waals surface area (Å²) >= 11 is 0. The largest absolute Gasteiger partial charge is 0.493 e. The van der Waals surface area contributed by atoms with E-state index < -0.39 is 17.9 Å². The number of benzene rings is 1. The van der Waals surface area contributed by atoms with Crippen LogP contribution in [0.5, 0.6) is 17.2 Å². The Morgan fingerprint density at radius 2 is 1.69 bits per heavy atom. The number of carbonyl (C=O) groups is 2. The highest BCUT2D eigenvalue weighted by Gasteiger charge is 2.21. The smallest absolute Gasteiger partial charge is 0.252 e. The molecule has 0 saturated heterocycles. The number of hydrogen-bond donors (Lipinski definition) is 2. The van der Waals surface area contributed by atoms with Crippen molar-refractivity contribution in [3.05, 3.63) is 29.5 Å². The molecule has 1 atom stereocenters. The fourth-order valence-electron chi connectivity index (χ4n) is 2.22. The minimum atomic E-state index is -0.807. The zero-order chi connectivity index (χ0) is 19.3. The first-order chi connectivity index (χ1) is 12.4. The van der Waals surface area contributed by atoms with E-state index in [1.165, 1.54) is 33.5 Å². The predicted octanol–water partition coefficient (Wildman–Crippen LogP) is 1.77. The van der Waals surface area contributed by atoms with Crippen LogP contribution in [0.25, 0.3) is 0 Å². The van der Waals surface area contributed by atoms with Crippen molar-refractivity contribution in [2.24, 2.45) is 0 Å². The Kier molecular flexibility index (Phi) is 6.05. The number of aromatic nitrogens is 1. The first-order valence-electron chi connectivity index (χ1n) is 7.74. The van der Waals surface area contributed by atoms with Crippen LogP contribution in [0.4, 0.5) is 5.82 Å². The molecule has 0 spiro atoms. The molecular weight excluding hydrogens is 342 g/mol. The van der Waals surface area contributed by atoms with Gasteiger partial charge < -0.3 is 29.4 Å². The van der Waals surface area contributed by atoms with E-state index in [9.17, 15) is 9.59 Å². The molecule has 140 valence electrons. The first-order valence-corrected chi connectivity index (χ1v) is 7.74. The Balaban J connectivity index is 2.12. The van der Waals surface area contributed by atoms with Crippen molar-refractivity contribution in [2.45, 2.75) is 19.9 Å². The van der Waals surface area contributed by atoms with Crippen molar-refractivity contribution >= 4 is 17.6 Å². The topological polar surface area (TPSA) is 112 Å². The van der Waals surface area contributed by atoms with Crippen LogP contribution in [-0.4, -0.2) is 44.3 Å². The highest BCUT2D eigenvalue weighted by molar-refractivity contribution is 6.01. The minimum absolute atomic E-state index is 0.261. The number of anilines is 1. The van der Waals surface area contributed by atoms with Crippen LogP contribution in [0.1, 0.15) is 23.0 Å². The summed E-state index contributed by atoms with van der Waals surface area (Å²) < 4.78 is 20.5. The number of nitrogens with one attached hydrogen (secondary N) is 2. The van der Waals surface area contributed by atoms with Crippen LogP contribution in [-0.2, 0) is 4.79 Å². The normalized spacial score (nSPS) is 11.4. The molecule has 0 saturated carbocycles. The van der Waals surface area contributed by atoms with Crippen LogP contribution in [0, 0.1) is 6.92 Å². The molecule has 9 nitrogen and oxygen atoms in total. The first kappa shape index (κ1) is 19.1. The summed E-state index contributed by atoms with van der Waals surface area (Å²) in [5, 5.41) is 8.83. The summed E-state index contributed by atoms with van der Waals surface area (Å²) in [6.07, 6.45) is 0. The molecule has 0 unspecified atom stereocenters. The van der Waals surface area contributed by atoms with Gasteiger partial charge in [-0.2, -0.15) is 0 Å². The van der Waals surface area contributed by atoms with Gasteiger partial charge in [0.25, 0.3) is 5.91 Å². The lowest BCUT2D eigenvalue weighted by Crippen LogP contribution is -2.41. The molecule has 1 aromatic carbocycles. The second kappa shape index (κ2) is 8.24. The Bertz CT molecular complexity index is 777. The third-order valence-electron chi connectivity index (χ3n) is 3.55. The third kappa shape index (κ3) is 4.24. The summed E-state index contributed by atoms with van der Waals surface area (Å²) in [6.45, 7) is 3.26. The van der Waals surface area contributed by atoms with Gasteiger partial charge >= 0.3 is 0 Å². The fourth-order valence-corrected chi connectivity index (χ4v) is 2.22. The van der Waals surface area contributed by atoms with Gasteiger partial charge in [-0.25, -0.2) is 0 Å².